The Balaban J connectivity index is 1.43. The molecule has 3 rings (SSSR count). The Hall–Kier alpha value is -2.47. The molecule has 1 aliphatic rings. The number of nitrogens with zero attached hydrogens (tertiary/aromatic N) is 1. The van der Waals surface area contributed by atoms with Crippen molar-refractivity contribution in [2.75, 3.05) is 13.1 Å². The molecule has 26 heavy (non-hydrogen) atoms. The lowest BCUT2D eigenvalue weighted by Gasteiger charge is -2.15. The fourth-order valence-corrected chi connectivity index (χ4v) is 3.64. The fourth-order valence-electron chi connectivity index (χ4n) is 2.94. The number of likely N-dealkylation sites (tertiary alicyclic amines) is 1. The number of nitrogens with one attached hydrogen (secondary N) is 1. The van der Waals surface area contributed by atoms with Gasteiger partial charge in [0.2, 0.25) is 5.91 Å². The van der Waals surface area contributed by atoms with Crippen molar-refractivity contribution in [2.24, 2.45) is 0 Å². The minimum Gasteiger partial charge on any atom is -0.352 e. The van der Waals surface area contributed by atoms with E-state index in [4.69, 9.17) is 0 Å². The van der Waals surface area contributed by atoms with Crippen LogP contribution in [0.25, 0.3) is 0 Å². The van der Waals surface area contributed by atoms with Crippen LogP contribution < -0.4 is 5.32 Å². The van der Waals surface area contributed by atoms with Gasteiger partial charge in [-0.05, 0) is 42.0 Å². The van der Waals surface area contributed by atoms with Crippen LogP contribution in [0.15, 0.2) is 41.8 Å². The van der Waals surface area contributed by atoms with Crippen molar-refractivity contribution >= 4 is 28.9 Å². The average molecular weight is 370 g/mol. The zero-order valence-corrected chi connectivity index (χ0v) is 15.4. The largest absolute Gasteiger partial charge is 0.352 e. The van der Waals surface area contributed by atoms with Gasteiger partial charge in [-0.25, -0.2) is 0 Å². The first-order chi connectivity index (χ1) is 12.6. The average Bonchev–Trinajstić information content (AvgIpc) is 3.38. The summed E-state index contributed by atoms with van der Waals surface area (Å²) in [5, 5.41) is 4.67. The topological polar surface area (TPSA) is 66.5 Å². The number of ketones is 1. The highest BCUT2D eigenvalue weighted by atomic mass is 32.1. The molecule has 0 spiro atoms. The summed E-state index contributed by atoms with van der Waals surface area (Å²) in [4.78, 5) is 38.7. The molecule has 1 aliphatic heterocycles. The molecule has 6 heteroatoms. The molecule has 2 amide bonds. The van der Waals surface area contributed by atoms with Gasteiger partial charge in [0.25, 0.3) is 5.91 Å². The van der Waals surface area contributed by atoms with Crippen LogP contribution in [0, 0.1) is 0 Å². The lowest BCUT2D eigenvalue weighted by molar-refractivity contribution is -0.121. The Labute approximate surface area is 157 Å². The second-order valence-corrected chi connectivity index (χ2v) is 7.32. The van der Waals surface area contributed by atoms with E-state index in [1.165, 1.54) is 11.3 Å². The highest BCUT2D eigenvalue weighted by Gasteiger charge is 2.19. The number of hydrogen-bond donors (Lipinski definition) is 1. The van der Waals surface area contributed by atoms with Gasteiger partial charge >= 0.3 is 0 Å². The highest BCUT2D eigenvalue weighted by molar-refractivity contribution is 7.12. The molecule has 2 aromatic rings. The molecule has 0 aliphatic carbocycles. The minimum atomic E-state index is -0.146. The normalized spacial score (nSPS) is 13.6. The zero-order chi connectivity index (χ0) is 18.4. The Bertz CT molecular complexity index is 763. The molecule has 0 unspecified atom stereocenters. The van der Waals surface area contributed by atoms with Crippen molar-refractivity contribution in [3.8, 4) is 0 Å². The molecule has 5 nitrogen and oxygen atoms in total. The number of carbonyl (C=O) groups excluding carboxylic acids is 3. The van der Waals surface area contributed by atoms with Crippen molar-refractivity contribution in [3.63, 3.8) is 0 Å². The van der Waals surface area contributed by atoms with E-state index in [1.54, 1.807) is 6.07 Å². The van der Waals surface area contributed by atoms with Gasteiger partial charge in [0.15, 0.2) is 5.78 Å². The predicted octanol–water partition coefficient (Wildman–Crippen LogP) is 3.26. The van der Waals surface area contributed by atoms with E-state index in [-0.39, 0.29) is 30.4 Å². The van der Waals surface area contributed by atoms with Crippen molar-refractivity contribution in [1.82, 2.24) is 10.2 Å². The van der Waals surface area contributed by atoms with Gasteiger partial charge in [0.05, 0.1) is 4.88 Å². The van der Waals surface area contributed by atoms with Crippen LogP contribution in [0.1, 0.15) is 51.3 Å². The van der Waals surface area contributed by atoms with Crippen LogP contribution >= 0.6 is 11.3 Å². The van der Waals surface area contributed by atoms with Crippen LogP contribution in [-0.2, 0) is 11.3 Å². The lowest BCUT2D eigenvalue weighted by atomic mass is 10.1. The number of thiophene rings is 1. The second-order valence-electron chi connectivity index (χ2n) is 6.37. The monoisotopic (exact) mass is 370 g/mol. The van der Waals surface area contributed by atoms with Crippen LogP contribution in [0.4, 0.5) is 0 Å². The number of benzene rings is 1. The van der Waals surface area contributed by atoms with Gasteiger partial charge in [-0.15, -0.1) is 11.3 Å². The van der Waals surface area contributed by atoms with E-state index in [0.29, 0.717) is 17.0 Å². The quantitative estimate of drug-likeness (QED) is 0.761. The van der Waals surface area contributed by atoms with E-state index >= 15 is 0 Å². The first kappa shape index (κ1) is 18.3. The second kappa shape index (κ2) is 8.76. The van der Waals surface area contributed by atoms with Gasteiger partial charge in [0.1, 0.15) is 0 Å². The van der Waals surface area contributed by atoms with Gasteiger partial charge in [-0.2, -0.15) is 0 Å². The van der Waals surface area contributed by atoms with E-state index in [0.717, 1.165) is 31.5 Å². The molecule has 136 valence electrons. The van der Waals surface area contributed by atoms with Crippen LogP contribution in [0.2, 0.25) is 0 Å². The van der Waals surface area contributed by atoms with Crippen LogP contribution in [-0.4, -0.2) is 35.6 Å². The third-order valence-electron chi connectivity index (χ3n) is 4.46. The van der Waals surface area contributed by atoms with Gasteiger partial charge in [0, 0.05) is 38.0 Å². The molecule has 1 fully saturated rings. The highest BCUT2D eigenvalue weighted by Crippen LogP contribution is 2.14. The Kier molecular flexibility index (Phi) is 6.17. The molecule has 1 aromatic carbocycles. The predicted molar refractivity (Wildman–Crippen MR) is 101 cm³/mol. The summed E-state index contributed by atoms with van der Waals surface area (Å²) in [5.41, 5.74) is 1.62. The number of rotatable bonds is 7. The van der Waals surface area contributed by atoms with Crippen LogP contribution in [0.5, 0.6) is 0 Å². The summed E-state index contributed by atoms with van der Waals surface area (Å²) >= 11 is 1.39. The Morgan fingerprint density at radius 1 is 1.00 bits per heavy atom. The lowest BCUT2D eigenvalue weighted by Crippen LogP contribution is -2.27. The van der Waals surface area contributed by atoms with E-state index in [9.17, 15) is 14.4 Å². The van der Waals surface area contributed by atoms with Gasteiger partial charge in [-0.3, -0.25) is 14.4 Å². The van der Waals surface area contributed by atoms with Gasteiger partial charge in [-0.1, -0.05) is 18.2 Å². The maximum atomic E-state index is 12.3. The zero-order valence-electron chi connectivity index (χ0n) is 14.6. The van der Waals surface area contributed by atoms with Gasteiger partial charge < -0.3 is 10.2 Å². The van der Waals surface area contributed by atoms with Crippen LogP contribution in [0.3, 0.4) is 0 Å². The maximum Gasteiger partial charge on any atom is 0.253 e. The van der Waals surface area contributed by atoms with E-state index in [2.05, 4.69) is 5.32 Å². The third-order valence-corrected chi connectivity index (χ3v) is 5.37. The first-order valence-electron chi connectivity index (χ1n) is 8.85. The molecule has 1 N–H and O–H groups in total. The van der Waals surface area contributed by atoms with Crippen molar-refractivity contribution in [2.45, 2.75) is 32.2 Å². The molecular weight excluding hydrogens is 348 g/mol. The summed E-state index contributed by atoms with van der Waals surface area (Å²) in [6, 6.07) is 10.9. The number of hydrogen-bond acceptors (Lipinski definition) is 4. The number of Topliss-reactive ketones (excluding diaryl/α,β-unsaturated/α-hetero) is 1. The first-order valence-corrected chi connectivity index (χ1v) is 9.73. The fraction of sp³-hybridized carbons (Fsp3) is 0.350. The molecule has 0 saturated carbocycles. The molecule has 1 aromatic heterocycles. The van der Waals surface area contributed by atoms with Crippen molar-refractivity contribution < 1.29 is 14.4 Å². The molecule has 0 atom stereocenters. The molecule has 1 saturated heterocycles. The minimum absolute atomic E-state index is 0.0000666. The number of carbonyl (C=O) groups is 3. The summed E-state index contributed by atoms with van der Waals surface area (Å²) < 4.78 is 0. The van der Waals surface area contributed by atoms with E-state index < -0.39 is 0 Å². The van der Waals surface area contributed by atoms with E-state index in [1.807, 2.05) is 40.6 Å². The summed E-state index contributed by atoms with van der Waals surface area (Å²) in [6.07, 6.45) is 2.55. The van der Waals surface area contributed by atoms with Crippen molar-refractivity contribution in [3.05, 3.63) is 57.8 Å². The standard InChI is InChI=1S/C20H22N2O3S/c23-17(18-4-3-13-26-18)9-10-19(24)21-14-15-5-7-16(8-6-15)20(25)22-11-1-2-12-22/h3-8,13H,1-2,9-12,14H2,(H,21,24). The maximum absolute atomic E-state index is 12.3. The SMILES string of the molecule is O=C(CCC(=O)c1cccs1)NCc1ccc(C(=O)N2CCCC2)cc1. The summed E-state index contributed by atoms with van der Waals surface area (Å²) in [6.45, 7) is 2.06. The Morgan fingerprint density at radius 3 is 2.38 bits per heavy atom. The third kappa shape index (κ3) is 4.79. The summed E-state index contributed by atoms with van der Waals surface area (Å²) in [5.74, 6) is -0.0720. The molecular formula is C20H22N2O3S. The molecule has 2 heterocycles. The number of amides is 2. The Morgan fingerprint density at radius 2 is 1.73 bits per heavy atom. The molecule has 0 bridgehead atoms. The smallest absolute Gasteiger partial charge is 0.253 e. The summed E-state index contributed by atoms with van der Waals surface area (Å²) in [7, 11) is 0. The molecule has 0 radical (unpaired) electrons. The van der Waals surface area contributed by atoms with Crippen molar-refractivity contribution in [1.29, 1.82) is 0 Å².